The van der Waals surface area contributed by atoms with Gasteiger partial charge in [0.15, 0.2) is 0 Å². The third-order valence-corrected chi connectivity index (χ3v) is 3.95. The summed E-state index contributed by atoms with van der Waals surface area (Å²) in [6, 6.07) is 7.45. The first kappa shape index (κ1) is 13.2. The van der Waals surface area contributed by atoms with Gasteiger partial charge in [-0.15, -0.1) is 0 Å². The molecule has 0 spiro atoms. The minimum Gasteiger partial charge on any atom is -0.495 e. The van der Waals surface area contributed by atoms with E-state index in [4.69, 9.17) is 10.00 Å². The number of nitriles is 1. The average molecular weight is 302 g/mol. The highest BCUT2D eigenvalue weighted by atomic mass is 79.9. The summed E-state index contributed by atoms with van der Waals surface area (Å²) in [5.41, 5.74) is 0. The summed E-state index contributed by atoms with van der Waals surface area (Å²) in [6.45, 7) is 0. The highest BCUT2D eigenvalue weighted by molar-refractivity contribution is 9.10. The lowest BCUT2D eigenvalue weighted by Gasteiger charge is -2.08. The van der Waals surface area contributed by atoms with Gasteiger partial charge in [-0.3, -0.25) is 4.21 Å². The molecule has 0 N–H and O–H groups in total. The van der Waals surface area contributed by atoms with Crippen LogP contribution in [0.2, 0.25) is 0 Å². The van der Waals surface area contributed by atoms with Crippen LogP contribution in [0.15, 0.2) is 27.6 Å². The second kappa shape index (κ2) is 6.66. The monoisotopic (exact) mass is 301 g/mol. The van der Waals surface area contributed by atoms with E-state index in [2.05, 4.69) is 15.9 Å². The first-order chi connectivity index (χ1) is 7.69. The van der Waals surface area contributed by atoms with E-state index in [0.29, 0.717) is 29.2 Å². The van der Waals surface area contributed by atoms with Crippen LogP contribution in [0, 0.1) is 11.3 Å². The van der Waals surface area contributed by atoms with Gasteiger partial charge in [-0.2, -0.15) is 5.26 Å². The van der Waals surface area contributed by atoms with Gasteiger partial charge in [0.2, 0.25) is 0 Å². The third-order valence-electron chi connectivity index (χ3n) is 1.99. The third kappa shape index (κ3) is 3.62. The molecular formula is C11H12BrNO2S. The van der Waals surface area contributed by atoms with E-state index in [0.717, 1.165) is 4.47 Å². The highest BCUT2D eigenvalue weighted by Gasteiger charge is 2.10. The molecule has 0 aliphatic heterocycles. The predicted molar refractivity (Wildman–Crippen MR) is 66.8 cm³/mol. The summed E-state index contributed by atoms with van der Waals surface area (Å²) < 4.78 is 18.0. The number of hydrogen-bond donors (Lipinski definition) is 0. The minimum atomic E-state index is -1.11. The van der Waals surface area contributed by atoms with Crippen molar-refractivity contribution in [3.8, 4) is 11.8 Å². The lowest BCUT2D eigenvalue weighted by molar-refractivity contribution is 0.404. The number of hydrogen-bond acceptors (Lipinski definition) is 3. The molecule has 0 heterocycles. The molecule has 3 nitrogen and oxygen atoms in total. The zero-order chi connectivity index (χ0) is 12.0. The fourth-order valence-corrected chi connectivity index (χ4v) is 2.99. The van der Waals surface area contributed by atoms with Gasteiger partial charge in [0.1, 0.15) is 5.75 Å². The van der Waals surface area contributed by atoms with Crippen molar-refractivity contribution in [2.45, 2.75) is 17.7 Å². The molecule has 5 heteroatoms. The number of ether oxygens (including phenoxy) is 1. The van der Waals surface area contributed by atoms with E-state index in [1.54, 1.807) is 19.2 Å². The summed E-state index contributed by atoms with van der Waals surface area (Å²) in [6.07, 6.45) is 1.07. The standard InChI is InChI=1S/C11H12BrNO2S/c1-15-10-5-4-9(12)8-11(10)16(14)7-3-2-6-13/h4-5,8H,2-3,7H2,1H3. The summed E-state index contributed by atoms with van der Waals surface area (Å²) in [5.74, 6) is 1.11. The smallest absolute Gasteiger partial charge is 0.135 e. The van der Waals surface area contributed by atoms with E-state index in [1.165, 1.54) is 0 Å². The van der Waals surface area contributed by atoms with Gasteiger partial charge in [-0.25, -0.2) is 0 Å². The van der Waals surface area contributed by atoms with E-state index in [-0.39, 0.29) is 0 Å². The zero-order valence-electron chi connectivity index (χ0n) is 8.90. The maximum absolute atomic E-state index is 12.0. The molecule has 1 aromatic rings. The van der Waals surface area contributed by atoms with Crippen molar-refractivity contribution in [3.63, 3.8) is 0 Å². The molecule has 0 aromatic heterocycles. The lowest BCUT2D eigenvalue weighted by atomic mass is 10.3. The summed E-state index contributed by atoms with van der Waals surface area (Å²) in [5, 5.41) is 8.41. The number of benzene rings is 1. The number of nitrogens with zero attached hydrogens (tertiary/aromatic N) is 1. The first-order valence-electron chi connectivity index (χ1n) is 4.78. The van der Waals surface area contributed by atoms with E-state index in [9.17, 15) is 4.21 Å². The van der Waals surface area contributed by atoms with Crippen molar-refractivity contribution < 1.29 is 8.95 Å². The van der Waals surface area contributed by atoms with Crippen LogP contribution in [-0.2, 0) is 10.8 Å². The molecule has 0 fully saturated rings. The van der Waals surface area contributed by atoms with Crippen LogP contribution in [0.4, 0.5) is 0 Å². The second-order valence-corrected chi connectivity index (χ2v) is 5.56. The van der Waals surface area contributed by atoms with Gasteiger partial charge in [-0.1, -0.05) is 15.9 Å². The topological polar surface area (TPSA) is 50.1 Å². The van der Waals surface area contributed by atoms with Gasteiger partial charge in [0, 0.05) is 16.6 Å². The summed E-state index contributed by atoms with van der Waals surface area (Å²) in [7, 11) is 0.442. The van der Waals surface area contributed by atoms with Crippen molar-refractivity contribution in [2.75, 3.05) is 12.9 Å². The van der Waals surface area contributed by atoms with Crippen molar-refractivity contribution in [1.29, 1.82) is 5.26 Å². The average Bonchev–Trinajstić information content (AvgIpc) is 2.29. The number of unbranched alkanes of at least 4 members (excludes halogenated alkanes) is 1. The van der Waals surface area contributed by atoms with Gasteiger partial charge in [0.25, 0.3) is 0 Å². The molecule has 1 atom stereocenters. The van der Waals surface area contributed by atoms with E-state index >= 15 is 0 Å². The maximum Gasteiger partial charge on any atom is 0.135 e. The second-order valence-electron chi connectivity index (χ2n) is 3.11. The fraction of sp³-hybridized carbons (Fsp3) is 0.364. The highest BCUT2D eigenvalue weighted by Crippen LogP contribution is 2.26. The maximum atomic E-state index is 12.0. The molecule has 0 bridgehead atoms. The molecule has 1 aromatic carbocycles. The summed E-state index contributed by atoms with van der Waals surface area (Å²) >= 11 is 3.33. The van der Waals surface area contributed by atoms with Crippen LogP contribution in [0.3, 0.4) is 0 Å². The van der Waals surface area contributed by atoms with Crippen LogP contribution in [0.25, 0.3) is 0 Å². The SMILES string of the molecule is COc1ccc(Br)cc1S(=O)CCCC#N. The van der Waals surface area contributed by atoms with E-state index in [1.807, 2.05) is 12.1 Å². The molecule has 86 valence electrons. The van der Waals surface area contributed by atoms with Crippen LogP contribution in [0.1, 0.15) is 12.8 Å². The van der Waals surface area contributed by atoms with Crippen molar-refractivity contribution >= 4 is 26.7 Å². The zero-order valence-corrected chi connectivity index (χ0v) is 11.3. The largest absolute Gasteiger partial charge is 0.495 e. The Bertz CT molecular complexity index is 428. The van der Waals surface area contributed by atoms with Gasteiger partial charge < -0.3 is 4.74 Å². The van der Waals surface area contributed by atoms with Crippen LogP contribution in [-0.4, -0.2) is 17.1 Å². The van der Waals surface area contributed by atoms with Crippen molar-refractivity contribution in [1.82, 2.24) is 0 Å². The molecule has 0 aliphatic carbocycles. The molecule has 0 aliphatic rings. The van der Waals surface area contributed by atoms with Crippen LogP contribution < -0.4 is 4.74 Å². The summed E-state index contributed by atoms with van der Waals surface area (Å²) in [4.78, 5) is 0.676. The number of methoxy groups -OCH3 is 1. The molecule has 1 rings (SSSR count). The minimum absolute atomic E-state index is 0.433. The molecule has 0 amide bonds. The Morgan fingerprint density at radius 3 is 2.94 bits per heavy atom. The first-order valence-corrected chi connectivity index (χ1v) is 6.89. The van der Waals surface area contributed by atoms with Gasteiger partial charge in [-0.05, 0) is 24.6 Å². The molecule has 0 saturated heterocycles. The Kier molecular flexibility index (Phi) is 5.50. The van der Waals surface area contributed by atoms with Crippen LogP contribution >= 0.6 is 15.9 Å². The molecular weight excluding hydrogens is 290 g/mol. The van der Waals surface area contributed by atoms with Gasteiger partial charge in [0.05, 0.1) is 28.9 Å². The Morgan fingerprint density at radius 2 is 2.31 bits per heavy atom. The Morgan fingerprint density at radius 1 is 1.56 bits per heavy atom. The number of halogens is 1. The normalized spacial score (nSPS) is 11.8. The molecule has 1 unspecified atom stereocenters. The van der Waals surface area contributed by atoms with E-state index < -0.39 is 10.8 Å². The quantitative estimate of drug-likeness (QED) is 0.786. The number of rotatable bonds is 5. The fourth-order valence-electron chi connectivity index (χ4n) is 1.22. The lowest BCUT2D eigenvalue weighted by Crippen LogP contribution is -2.00. The predicted octanol–water partition coefficient (Wildman–Crippen LogP) is 2.87. The Balaban J connectivity index is 2.81. The molecule has 0 radical (unpaired) electrons. The molecule has 16 heavy (non-hydrogen) atoms. The Labute approximate surface area is 106 Å². The van der Waals surface area contributed by atoms with Gasteiger partial charge >= 0.3 is 0 Å². The Hall–Kier alpha value is -0.860. The van der Waals surface area contributed by atoms with Crippen LogP contribution in [0.5, 0.6) is 5.75 Å². The molecule has 0 saturated carbocycles. The van der Waals surface area contributed by atoms with Crippen molar-refractivity contribution in [2.24, 2.45) is 0 Å². The van der Waals surface area contributed by atoms with Crippen molar-refractivity contribution in [3.05, 3.63) is 22.7 Å².